The molecule has 0 rings (SSSR count). The van der Waals surface area contributed by atoms with Gasteiger partial charge in [-0.05, 0) is 0 Å². The van der Waals surface area contributed by atoms with Crippen molar-refractivity contribution in [1.29, 1.82) is 0 Å². The van der Waals surface area contributed by atoms with Crippen molar-refractivity contribution in [3.05, 3.63) is 13.8 Å². The molecule has 0 bridgehead atoms. The monoisotopic (exact) mass is 336 g/mol. The quantitative estimate of drug-likeness (QED) is 0.679. The normalized spacial score (nSPS) is 16.5. The van der Waals surface area contributed by atoms with Crippen molar-refractivity contribution in [1.82, 2.24) is 0 Å². The molecule has 0 aromatic rings. The summed E-state index contributed by atoms with van der Waals surface area (Å²) in [7, 11) is 0. The van der Waals surface area contributed by atoms with E-state index in [-0.39, 0.29) is 31.1 Å². The van der Waals surface area contributed by atoms with Crippen molar-refractivity contribution in [3.63, 3.8) is 0 Å². The Hall–Kier alpha value is 1.05. The Bertz CT molecular complexity index is 41.7. The Kier molecular flexibility index (Phi) is 9.11. The third-order valence-corrected chi connectivity index (χ3v) is 1.43. The second-order valence-electron chi connectivity index (χ2n) is 2.24. The van der Waals surface area contributed by atoms with Crippen LogP contribution in [-0.4, -0.2) is 0 Å². The van der Waals surface area contributed by atoms with Crippen LogP contribution in [0.15, 0.2) is 0 Å². The van der Waals surface area contributed by atoms with Crippen LogP contribution in [0.2, 0.25) is 0 Å². The molecule has 0 aromatic carbocycles. The van der Waals surface area contributed by atoms with Crippen molar-refractivity contribution in [2.45, 2.75) is 20.3 Å². The van der Waals surface area contributed by atoms with E-state index < -0.39 is 0 Å². The van der Waals surface area contributed by atoms with Crippen LogP contribution in [0.1, 0.15) is 20.3 Å². The number of hydrogen-bond donors (Lipinski definition) is 0. The van der Waals surface area contributed by atoms with E-state index in [1.165, 1.54) is 0 Å². The van der Waals surface area contributed by atoms with Gasteiger partial charge in [0.25, 0.3) is 0 Å². The summed E-state index contributed by atoms with van der Waals surface area (Å²) in [5, 5.41) is 0. The molecule has 0 aliphatic carbocycles. The van der Waals surface area contributed by atoms with Crippen LogP contribution < -0.4 is 0 Å². The van der Waals surface area contributed by atoms with Gasteiger partial charge in [-0.3, -0.25) is 0 Å². The topological polar surface area (TPSA) is 0 Å². The maximum atomic E-state index is 3.87. The molecule has 8 heavy (non-hydrogen) atoms. The number of rotatable bonds is 2. The molecule has 0 fully saturated rings. The Morgan fingerprint density at radius 2 is 1.75 bits per heavy atom. The molecule has 0 radical (unpaired) electrons. The van der Waals surface area contributed by atoms with Gasteiger partial charge < -0.3 is 13.8 Å². The first-order valence-electron chi connectivity index (χ1n) is 2.80. The third-order valence-electron chi connectivity index (χ3n) is 1.43. The van der Waals surface area contributed by atoms with Gasteiger partial charge in [-0.2, -0.15) is 12.3 Å². The van der Waals surface area contributed by atoms with Gasteiger partial charge >= 0.3 is 31.1 Å². The van der Waals surface area contributed by atoms with Crippen LogP contribution in [0, 0.1) is 56.8 Å². The predicted molar refractivity (Wildman–Crippen MR) is 33.7 cm³/mol. The Balaban J connectivity index is 0. The predicted octanol–water partition coefficient (Wildman–Crippen LogP) is 2.32. The van der Waals surface area contributed by atoms with Crippen molar-refractivity contribution in [2.24, 2.45) is 11.8 Å². The van der Waals surface area contributed by atoms with E-state index in [1.807, 2.05) is 0 Å². The minimum Gasteiger partial charge on any atom is -0.343 e. The van der Waals surface area contributed by atoms with E-state index in [0.717, 1.165) is 6.42 Å². The molecule has 0 amide bonds. The Morgan fingerprint density at radius 1 is 1.38 bits per heavy atom. The molecule has 1 heteroatoms. The minimum absolute atomic E-state index is 0. The van der Waals surface area contributed by atoms with Crippen LogP contribution in [0.4, 0.5) is 0 Å². The minimum atomic E-state index is 0. The summed E-state index contributed by atoms with van der Waals surface area (Å²) in [6.07, 6.45) is 1.00. The average molecular weight is 336 g/mol. The molecule has 2 atom stereocenters. The van der Waals surface area contributed by atoms with E-state index in [9.17, 15) is 0 Å². The summed E-state index contributed by atoms with van der Waals surface area (Å²) >= 11 is 0. The molecule has 0 heterocycles. The molecular weight excluding hydrogens is 322 g/mol. The summed E-state index contributed by atoms with van der Waals surface area (Å²) in [6, 6.07) is 0. The molecular formula is C7H14U. The maximum absolute atomic E-state index is 3.87. The van der Waals surface area contributed by atoms with E-state index in [2.05, 4.69) is 27.7 Å². The summed E-state index contributed by atoms with van der Waals surface area (Å²) in [5.41, 5.74) is 0. The fraction of sp³-hybridized carbons (Fsp3) is 0.714. The largest absolute Gasteiger partial charge is 2.00 e. The standard InChI is InChI=1S/C7H14.U/c1-5-7(4)6(2)3;/h6-7H,1-2,5H2,3-4H3;/q-2;+2. The molecule has 0 aliphatic heterocycles. The van der Waals surface area contributed by atoms with Crippen molar-refractivity contribution < 1.29 is 31.1 Å². The molecule has 0 N–H and O–H groups in total. The summed E-state index contributed by atoms with van der Waals surface area (Å²) in [4.78, 5) is 0. The van der Waals surface area contributed by atoms with Crippen LogP contribution in [0.3, 0.4) is 0 Å². The van der Waals surface area contributed by atoms with Gasteiger partial charge in [0, 0.05) is 0 Å². The van der Waals surface area contributed by atoms with E-state index in [1.54, 1.807) is 0 Å². The van der Waals surface area contributed by atoms with Crippen LogP contribution >= 0.6 is 0 Å². The second kappa shape index (κ2) is 6.18. The van der Waals surface area contributed by atoms with Crippen molar-refractivity contribution in [3.8, 4) is 0 Å². The average Bonchev–Trinajstić information content (AvgIpc) is 1.65. The molecule has 0 aliphatic rings. The molecule has 46 valence electrons. The molecule has 0 saturated carbocycles. The van der Waals surface area contributed by atoms with Gasteiger partial charge in [0.15, 0.2) is 0 Å². The molecule has 0 saturated heterocycles. The zero-order chi connectivity index (χ0) is 5.86. The van der Waals surface area contributed by atoms with E-state index in [0.29, 0.717) is 11.8 Å². The smallest absolute Gasteiger partial charge is 0.343 e. The second-order valence-corrected chi connectivity index (χ2v) is 2.24. The first kappa shape index (κ1) is 11.8. The summed E-state index contributed by atoms with van der Waals surface area (Å²) in [6.45, 7) is 11.9. The summed E-state index contributed by atoms with van der Waals surface area (Å²) < 4.78 is 0. The Labute approximate surface area is 76.8 Å². The van der Waals surface area contributed by atoms with Gasteiger partial charge in [0.2, 0.25) is 0 Å². The van der Waals surface area contributed by atoms with Gasteiger partial charge in [0.1, 0.15) is 0 Å². The first-order chi connectivity index (χ1) is 3.18. The summed E-state index contributed by atoms with van der Waals surface area (Å²) in [5.74, 6) is 1.23. The van der Waals surface area contributed by atoms with Gasteiger partial charge in [-0.1, -0.05) is 19.8 Å². The fourth-order valence-corrected chi connectivity index (χ4v) is 0.285. The molecule has 0 nitrogen and oxygen atoms in total. The van der Waals surface area contributed by atoms with Crippen LogP contribution in [0.25, 0.3) is 0 Å². The SMILES string of the molecule is [CH2-]CC(C)C([CH2-])C.[U+2]. The molecule has 0 aromatic heterocycles. The van der Waals surface area contributed by atoms with Gasteiger partial charge in [0.05, 0.1) is 0 Å². The zero-order valence-corrected chi connectivity index (χ0v) is 9.94. The third kappa shape index (κ3) is 5.19. The van der Waals surface area contributed by atoms with Crippen LogP contribution in [0.5, 0.6) is 0 Å². The van der Waals surface area contributed by atoms with Gasteiger partial charge in [-0.15, -0.1) is 0 Å². The Morgan fingerprint density at radius 3 is 1.75 bits per heavy atom. The first-order valence-corrected chi connectivity index (χ1v) is 2.80. The fourth-order valence-electron chi connectivity index (χ4n) is 0.285. The van der Waals surface area contributed by atoms with Crippen molar-refractivity contribution in [2.75, 3.05) is 0 Å². The van der Waals surface area contributed by atoms with E-state index >= 15 is 0 Å². The van der Waals surface area contributed by atoms with Gasteiger partial charge in [-0.25, -0.2) is 0 Å². The van der Waals surface area contributed by atoms with Crippen molar-refractivity contribution >= 4 is 0 Å². The molecule has 2 unspecified atom stereocenters. The number of hydrogen-bond acceptors (Lipinski definition) is 0. The van der Waals surface area contributed by atoms with E-state index in [4.69, 9.17) is 0 Å². The zero-order valence-electron chi connectivity index (χ0n) is 5.78. The van der Waals surface area contributed by atoms with Crippen LogP contribution in [-0.2, 0) is 0 Å². The maximum Gasteiger partial charge on any atom is 2.00 e. The molecule has 0 spiro atoms.